The standard InChI is InChI=1S/C21H23NO5/c1-2-25-19-10-8-17(9-11-19)22-15-16(14-20(22)23)21(24)27-13-12-26-18-6-4-3-5-7-18/h3-11,16H,2,12-15H2,1H3. The van der Waals surface area contributed by atoms with Crippen LogP contribution in [0, 0.1) is 5.92 Å². The maximum Gasteiger partial charge on any atom is 0.311 e. The van der Waals surface area contributed by atoms with Crippen LogP contribution in [0.2, 0.25) is 0 Å². The molecule has 0 radical (unpaired) electrons. The molecule has 1 fully saturated rings. The van der Waals surface area contributed by atoms with E-state index in [0.29, 0.717) is 13.2 Å². The maximum atomic E-state index is 12.3. The van der Waals surface area contributed by atoms with E-state index >= 15 is 0 Å². The van der Waals surface area contributed by atoms with E-state index in [1.165, 1.54) is 0 Å². The van der Waals surface area contributed by atoms with Gasteiger partial charge in [-0.25, -0.2) is 0 Å². The van der Waals surface area contributed by atoms with E-state index in [9.17, 15) is 9.59 Å². The average Bonchev–Trinajstić information content (AvgIpc) is 3.09. The predicted octanol–water partition coefficient (Wildman–Crippen LogP) is 3.06. The lowest BCUT2D eigenvalue weighted by Crippen LogP contribution is -2.26. The number of esters is 1. The van der Waals surface area contributed by atoms with E-state index in [0.717, 1.165) is 17.2 Å². The molecule has 1 saturated heterocycles. The molecule has 0 saturated carbocycles. The van der Waals surface area contributed by atoms with Gasteiger partial charge in [-0.15, -0.1) is 0 Å². The first-order chi connectivity index (χ1) is 13.2. The van der Waals surface area contributed by atoms with Crippen molar-refractivity contribution in [2.24, 2.45) is 5.92 Å². The molecule has 6 nitrogen and oxygen atoms in total. The van der Waals surface area contributed by atoms with Crippen molar-refractivity contribution in [3.63, 3.8) is 0 Å². The molecule has 6 heteroatoms. The smallest absolute Gasteiger partial charge is 0.311 e. The van der Waals surface area contributed by atoms with Gasteiger partial charge in [-0.05, 0) is 43.3 Å². The Labute approximate surface area is 158 Å². The van der Waals surface area contributed by atoms with E-state index in [1.54, 1.807) is 4.90 Å². The number of benzene rings is 2. The molecular formula is C21H23NO5. The number of carbonyl (C=O) groups is 2. The van der Waals surface area contributed by atoms with Crippen LogP contribution < -0.4 is 14.4 Å². The molecule has 2 aromatic rings. The van der Waals surface area contributed by atoms with Crippen molar-refractivity contribution in [2.75, 3.05) is 31.3 Å². The fraction of sp³-hybridized carbons (Fsp3) is 0.333. The number of anilines is 1. The van der Waals surface area contributed by atoms with Crippen molar-refractivity contribution in [3.05, 3.63) is 54.6 Å². The Bertz CT molecular complexity index is 760. The molecule has 1 atom stereocenters. The summed E-state index contributed by atoms with van der Waals surface area (Å²) in [6.45, 7) is 3.26. The molecule has 0 aromatic heterocycles. The molecule has 0 spiro atoms. The molecule has 27 heavy (non-hydrogen) atoms. The van der Waals surface area contributed by atoms with Crippen molar-refractivity contribution in [3.8, 4) is 11.5 Å². The van der Waals surface area contributed by atoms with Gasteiger partial charge in [0.05, 0.1) is 12.5 Å². The third-order valence-corrected chi connectivity index (χ3v) is 4.26. The molecule has 1 heterocycles. The molecule has 0 N–H and O–H groups in total. The molecular weight excluding hydrogens is 346 g/mol. The number of amides is 1. The Morgan fingerprint density at radius 2 is 1.70 bits per heavy atom. The van der Waals surface area contributed by atoms with Crippen molar-refractivity contribution in [1.82, 2.24) is 0 Å². The summed E-state index contributed by atoms with van der Waals surface area (Å²) in [6, 6.07) is 16.6. The number of para-hydroxylation sites is 1. The van der Waals surface area contributed by atoms with E-state index in [-0.39, 0.29) is 31.5 Å². The third kappa shape index (κ3) is 5.00. The summed E-state index contributed by atoms with van der Waals surface area (Å²) in [6.07, 6.45) is 0.158. The molecule has 0 aliphatic carbocycles. The van der Waals surface area contributed by atoms with Gasteiger partial charge in [0, 0.05) is 18.7 Å². The molecule has 0 bridgehead atoms. The highest BCUT2D eigenvalue weighted by molar-refractivity contribution is 5.99. The maximum absolute atomic E-state index is 12.3. The van der Waals surface area contributed by atoms with Gasteiger partial charge in [-0.2, -0.15) is 0 Å². The van der Waals surface area contributed by atoms with Gasteiger partial charge in [0.15, 0.2) is 0 Å². The minimum atomic E-state index is -0.458. The van der Waals surface area contributed by atoms with Crippen LogP contribution in [0.4, 0.5) is 5.69 Å². The second-order valence-corrected chi connectivity index (χ2v) is 6.16. The summed E-state index contributed by atoms with van der Waals surface area (Å²) in [7, 11) is 0. The highest BCUT2D eigenvalue weighted by atomic mass is 16.6. The third-order valence-electron chi connectivity index (χ3n) is 4.26. The second-order valence-electron chi connectivity index (χ2n) is 6.16. The Kier molecular flexibility index (Phi) is 6.30. The monoisotopic (exact) mass is 369 g/mol. The van der Waals surface area contributed by atoms with Crippen LogP contribution in [-0.2, 0) is 14.3 Å². The number of hydrogen-bond acceptors (Lipinski definition) is 5. The van der Waals surface area contributed by atoms with Crippen LogP contribution in [-0.4, -0.2) is 38.2 Å². The molecule has 1 amide bonds. The van der Waals surface area contributed by atoms with Gasteiger partial charge in [-0.1, -0.05) is 18.2 Å². The summed E-state index contributed by atoms with van der Waals surface area (Å²) in [4.78, 5) is 26.1. The second kappa shape index (κ2) is 9.07. The van der Waals surface area contributed by atoms with Crippen molar-refractivity contribution < 1.29 is 23.8 Å². The highest BCUT2D eigenvalue weighted by Gasteiger charge is 2.36. The number of hydrogen-bond donors (Lipinski definition) is 0. The van der Waals surface area contributed by atoms with Crippen LogP contribution in [0.1, 0.15) is 13.3 Å². The Morgan fingerprint density at radius 1 is 1.00 bits per heavy atom. The average molecular weight is 369 g/mol. The topological polar surface area (TPSA) is 65.1 Å². The van der Waals surface area contributed by atoms with Gasteiger partial charge < -0.3 is 19.1 Å². The molecule has 1 aliphatic heterocycles. The molecule has 2 aromatic carbocycles. The normalized spacial score (nSPS) is 16.3. The first-order valence-corrected chi connectivity index (χ1v) is 9.05. The first-order valence-electron chi connectivity index (χ1n) is 9.05. The minimum Gasteiger partial charge on any atom is -0.494 e. The van der Waals surface area contributed by atoms with Crippen molar-refractivity contribution in [1.29, 1.82) is 0 Å². The van der Waals surface area contributed by atoms with Gasteiger partial charge in [-0.3, -0.25) is 9.59 Å². The summed E-state index contributed by atoms with van der Waals surface area (Å²) in [5.74, 6) is 0.574. The molecule has 1 unspecified atom stereocenters. The minimum absolute atomic E-state index is 0.0818. The lowest BCUT2D eigenvalue weighted by Gasteiger charge is -2.17. The SMILES string of the molecule is CCOc1ccc(N2CC(C(=O)OCCOc3ccccc3)CC2=O)cc1. The van der Waals surface area contributed by atoms with Gasteiger partial charge in [0.1, 0.15) is 24.7 Å². The zero-order valence-electron chi connectivity index (χ0n) is 15.3. The van der Waals surface area contributed by atoms with E-state index < -0.39 is 5.92 Å². The Morgan fingerprint density at radius 3 is 2.41 bits per heavy atom. The first kappa shape index (κ1) is 18.8. The van der Waals surface area contributed by atoms with E-state index in [2.05, 4.69) is 0 Å². The summed E-state index contributed by atoms with van der Waals surface area (Å²) < 4.78 is 16.2. The zero-order chi connectivity index (χ0) is 19.1. The van der Waals surface area contributed by atoms with Gasteiger partial charge >= 0.3 is 5.97 Å². The number of ether oxygens (including phenoxy) is 3. The fourth-order valence-electron chi connectivity index (χ4n) is 2.94. The molecule has 142 valence electrons. The summed E-state index contributed by atoms with van der Waals surface area (Å²) in [5.41, 5.74) is 0.756. The number of carbonyl (C=O) groups excluding carboxylic acids is 2. The quantitative estimate of drug-likeness (QED) is 0.529. The van der Waals surface area contributed by atoms with Crippen LogP contribution >= 0.6 is 0 Å². The van der Waals surface area contributed by atoms with Gasteiger partial charge in [0.25, 0.3) is 0 Å². The lowest BCUT2D eigenvalue weighted by molar-refractivity contribution is -0.149. The molecule has 3 rings (SSSR count). The summed E-state index contributed by atoms with van der Waals surface area (Å²) >= 11 is 0. The highest BCUT2D eigenvalue weighted by Crippen LogP contribution is 2.27. The van der Waals surface area contributed by atoms with Crippen LogP contribution in [0.3, 0.4) is 0 Å². The van der Waals surface area contributed by atoms with Gasteiger partial charge in [0.2, 0.25) is 5.91 Å². The number of rotatable bonds is 8. The van der Waals surface area contributed by atoms with Crippen molar-refractivity contribution in [2.45, 2.75) is 13.3 Å². The zero-order valence-corrected chi connectivity index (χ0v) is 15.3. The summed E-state index contributed by atoms with van der Waals surface area (Å²) in [5, 5.41) is 0. The van der Waals surface area contributed by atoms with E-state index in [4.69, 9.17) is 14.2 Å². The Hall–Kier alpha value is -3.02. The largest absolute Gasteiger partial charge is 0.494 e. The molecule has 1 aliphatic rings. The Balaban J connectivity index is 1.47. The van der Waals surface area contributed by atoms with Crippen LogP contribution in [0.15, 0.2) is 54.6 Å². The number of nitrogens with zero attached hydrogens (tertiary/aromatic N) is 1. The van der Waals surface area contributed by atoms with E-state index in [1.807, 2.05) is 61.5 Å². The van der Waals surface area contributed by atoms with Crippen LogP contribution in [0.25, 0.3) is 0 Å². The van der Waals surface area contributed by atoms with Crippen LogP contribution in [0.5, 0.6) is 11.5 Å². The van der Waals surface area contributed by atoms with Crippen molar-refractivity contribution >= 4 is 17.6 Å². The lowest BCUT2D eigenvalue weighted by atomic mass is 10.1. The predicted molar refractivity (Wildman–Crippen MR) is 101 cm³/mol. The fourth-order valence-corrected chi connectivity index (χ4v) is 2.94.